The smallest absolute Gasteiger partial charge is 0.208 e. The van der Waals surface area contributed by atoms with Crippen molar-refractivity contribution in [2.45, 2.75) is 52.1 Å². The lowest BCUT2D eigenvalue weighted by atomic mass is 9.99. The third kappa shape index (κ3) is 3.33. The van der Waals surface area contributed by atoms with Gasteiger partial charge in [0, 0.05) is 18.5 Å². The van der Waals surface area contributed by atoms with Crippen LogP contribution in [0, 0.1) is 0 Å². The largest absolute Gasteiger partial charge is 0.444 e. The van der Waals surface area contributed by atoms with Gasteiger partial charge in [-0.05, 0) is 32.9 Å². The molecule has 0 radical (unpaired) electrons. The molecule has 1 aromatic heterocycles. The van der Waals surface area contributed by atoms with E-state index in [1.165, 1.54) is 6.42 Å². The van der Waals surface area contributed by atoms with Crippen LogP contribution in [0.4, 0.5) is 0 Å². The summed E-state index contributed by atoms with van der Waals surface area (Å²) in [5, 5.41) is 3.65. The Balaban J connectivity index is 1.98. The Morgan fingerprint density at radius 2 is 2.33 bits per heavy atom. The number of aryl methyl sites for hydroxylation is 1. The number of hydrogen-bond acceptors (Lipinski definition) is 4. The molecular weight excluding hydrogens is 226 g/mol. The molecule has 0 amide bonds. The maximum Gasteiger partial charge on any atom is 0.208 e. The molecule has 102 valence electrons. The van der Waals surface area contributed by atoms with E-state index in [1.807, 2.05) is 6.20 Å². The normalized spacial score (nSPS) is 26.2. The van der Waals surface area contributed by atoms with E-state index in [4.69, 9.17) is 4.42 Å². The predicted molar refractivity (Wildman–Crippen MR) is 72.5 cm³/mol. The molecular formula is C14H25N3O. The van der Waals surface area contributed by atoms with E-state index in [1.54, 1.807) is 0 Å². The van der Waals surface area contributed by atoms with Crippen molar-refractivity contribution in [3.8, 4) is 0 Å². The molecule has 2 rings (SSSR count). The number of nitrogens with zero attached hydrogens (tertiary/aromatic N) is 2. The lowest BCUT2D eigenvalue weighted by Gasteiger charge is -2.32. The number of aromatic nitrogens is 1. The van der Waals surface area contributed by atoms with Crippen LogP contribution >= 0.6 is 0 Å². The topological polar surface area (TPSA) is 41.3 Å². The molecule has 1 aliphatic heterocycles. The van der Waals surface area contributed by atoms with Crippen LogP contribution in [0.3, 0.4) is 0 Å². The molecule has 1 aromatic rings. The van der Waals surface area contributed by atoms with E-state index in [2.05, 4.69) is 36.0 Å². The summed E-state index contributed by atoms with van der Waals surface area (Å²) < 4.78 is 5.70. The van der Waals surface area contributed by atoms with Crippen molar-refractivity contribution in [3.05, 3.63) is 17.8 Å². The van der Waals surface area contributed by atoms with E-state index in [0.717, 1.165) is 50.7 Å². The molecule has 0 bridgehead atoms. The molecule has 1 fully saturated rings. The van der Waals surface area contributed by atoms with Crippen molar-refractivity contribution in [1.82, 2.24) is 15.2 Å². The fourth-order valence-electron chi connectivity index (χ4n) is 2.47. The molecule has 1 atom stereocenters. The van der Waals surface area contributed by atoms with E-state index < -0.39 is 0 Å². The quantitative estimate of drug-likeness (QED) is 0.890. The second-order valence-electron chi connectivity index (χ2n) is 5.48. The van der Waals surface area contributed by atoms with Gasteiger partial charge in [0.25, 0.3) is 0 Å². The van der Waals surface area contributed by atoms with Crippen molar-refractivity contribution in [2.75, 3.05) is 19.6 Å². The SMILES string of the molecule is CCc1cnc(CN2CCCNC(C)(CC)C2)o1. The van der Waals surface area contributed by atoms with Crippen molar-refractivity contribution in [1.29, 1.82) is 0 Å². The minimum atomic E-state index is 0.219. The fraction of sp³-hybridized carbons (Fsp3) is 0.786. The number of nitrogens with one attached hydrogen (secondary N) is 1. The third-order valence-corrected chi connectivity index (χ3v) is 3.86. The highest BCUT2D eigenvalue weighted by atomic mass is 16.4. The Morgan fingerprint density at radius 1 is 1.50 bits per heavy atom. The van der Waals surface area contributed by atoms with Crippen LogP contribution in [0.15, 0.2) is 10.6 Å². The third-order valence-electron chi connectivity index (χ3n) is 3.86. The van der Waals surface area contributed by atoms with Crippen LogP contribution < -0.4 is 5.32 Å². The van der Waals surface area contributed by atoms with Gasteiger partial charge in [-0.3, -0.25) is 4.90 Å². The summed E-state index contributed by atoms with van der Waals surface area (Å²) in [5.41, 5.74) is 0.219. The summed E-state index contributed by atoms with van der Waals surface area (Å²) >= 11 is 0. The van der Waals surface area contributed by atoms with Crippen LogP contribution in [-0.4, -0.2) is 35.1 Å². The second kappa shape index (κ2) is 5.85. The average Bonchev–Trinajstić information content (AvgIpc) is 2.73. The highest BCUT2D eigenvalue weighted by Crippen LogP contribution is 2.17. The van der Waals surface area contributed by atoms with Crippen molar-refractivity contribution >= 4 is 0 Å². The van der Waals surface area contributed by atoms with Gasteiger partial charge < -0.3 is 9.73 Å². The molecule has 2 heterocycles. The van der Waals surface area contributed by atoms with Crippen LogP contribution in [0.25, 0.3) is 0 Å². The standard InChI is InChI=1S/C14H25N3O/c1-4-12-9-15-13(18-12)10-17-8-6-7-16-14(3,5-2)11-17/h9,16H,4-8,10-11H2,1-3H3. The Bertz CT molecular complexity index is 377. The molecule has 4 nitrogen and oxygen atoms in total. The molecule has 1 N–H and O–H groups in total. The molecule has 18 heavy (non-hydrogen) atoms. The van der Waals surface area contributed by atoms with E-state index in [-0.39, 0.29) is 5.54 Å². The van der Waals surface area contributed by atoms with E-state index in [9.17, 15) is 0 Å². The maximum absolute atomic E-state index is 5.70. The summed E-state index contributed by atoms with van der Waals surface area (Å²) in [5.74, 6) is 1.84. The minimum absolute atomic E-state index is 0.219. The molecule has 0 saturated carbocycles. The van der Waals surface area contributed by atoms with Gasteiger partial charge in [0.1, 0.15) is 5.76 Å². The predicted octanol–water partition coefficient (Wildman–Crippen LogP) is 2.20. The Morgan fingerprint density at radius 3 is 3.00 bits per heavy atom. The van der Waals surface area contributed by atoms with Gasteiger partial charge in [0.15, 0.2) is 0 Å². The summed E-state index contributed by atoms with van der Waals surface area (Å²) in [7, 11) is 0. The molecule has 0 spiro atoms. The van der Waals surface area contributed by atoms with E-state index >= 15 is 0 Å². The highest BCUT2D eigenvalue weighted by molar-refractivity contribution is 4.95. The van der Waals surface area contributed by atoms with Gasteiger partial charge in [-0.1, -0.05) is 13.8 Å². The molecule has 0 aliphatic carbocycles. The van der Waals surface area contributed by atoms with Gasteiger partial charge in [-0.25, -0.2) is 4.98 Å². The molecule has 1 unspecified atom stereocenters. The van der Waals surface area contributed by atoms with Crippen molar-refractivity contribution in [3.63, 3.8) is 0 Å². The zero-order valence-corrected chi connectivity index (χ0v) is 11.8. The molecule has 0 aromatic carbocycles. The van der Waals surface area contributed by atoms with Gasteiger partial charge in [0.05, 0.1) is 12.7 Å². The highest BCUT2D eigenvalue weighted by Gasteiger charge is 2.27. The zero-order chi connectivity index (χ0) is 13.0. The minimum Gasteiger partial charge on any atom is -0.444 e. The first-order valence-corrected chi connectivity index (χ1v) is 7.06. The van der Waals surface area contributed by atoms with E-state index in [0.29, 0.717) is 0 Å². The summed E-state index contributed by atoms with van der Waals surface area (Å²) in [6.45, 7) is 10.8. The maximum atomic E-state index is 5.70. The van der Waals surface area contributed by atoms with Crippen molar-refractivity contribution < 1.29 is 4.42 Å². The van der Waals surface area contributed by atoms with Gasteiger partial charge in [0.2, 0.25) is 5.89 Å². The first kappa shape index (κ1) is 13.6. The van der Waals surface area contributed by atoms with Crippen LogP contribution in [0.2, 0.25) is 0 Å². The first-order valence-electron chi connectivity index (χ1n) is 7.06. The Hall–Kier alpha value is -0.870. The van der Waals surface area contributed by atoms with Gasteiger partial charge in [-0.2, -0.15) is 0 Å². The Labute approximate surface area is 110 Å². The van der Waals surface area contributed by atoms with Crippen LogP contribution in [0.5, 0.6) is 0 Å². The van der Waals surface area contributed by atoms with Crippen LogP contribution in [0.1, 0.15) is 45.3 Å². The summed E-state index contributed by atoms with van der Waals surface area (Å²) in [4.78, 5) is 6.81. The Kier molecular flexibility index (Phi) is 4.40. The van der Waals surface area contributed by atoms with Crippen molar-refractivity contribution in [2.24, 2.45) is 0 Å². The number of hydrogen-bond donors (Lipinski definition) is 1. The first-order chi connectivity index (χ1) is 8.65. The fourth-order valence-corrected chi connectivity index (χ4v) is 2.47. The van der Waals surface area contributed by atoms with Gasteiger partial charge in [-0.15, -0.1) is 0 Å². The molecule has 1 aliphatic rings. The summed E-state index contributed by atoms with van der Waals surface area (Å²) in [6, 6.07) is 0. The lowest BCUT2D eigenvalue weighted by Crippen LogP contribution is -2.48. The molecule has 4 heteroatoms. The monoisotopic (exact) mass is 251 g/mol. The number of oxazole rings is 1. The second-order valence-corrected chi connectivity index (χ2v) is 5.48. The molecule has 1 saturated heterocycles. The summed E-state index contributed by atoms with van der Waals surface area (Å²) in [6.07, 6.45) is 5.11. The lowest BCUT2D eigenvalue weighted by molar-refractivity contribution is 0.192. The van der Waals surface area contributed by atoms with Gasteiger partial charge >= 0.3 is 0 Å². The zero-order valence-electron chi connectivity index (χ0n) is 11.8. The number of rotatable bonds is 4. The average molecular weight is 251 g/mol. The van der Waals surface area contributed by atoms with Crippen LogP contribution in [-0.2, 0) is 13.0 Å².